The number of nitrogens with zero attached hydrogens (tertiary/aromatic N) is 1. The van der Waals surface area contributed by atoms with Gasteiger partial charge in [-0.15, -0.1) is 0 Å². The first-order valence-corrected chi connectivity index (χ1v) is 9.37. The summed E-state index contributed by atoms with van der Waals surface area (Å²) in [6.07, 6.45) is 16.8. The maximum atomic E-state index is 12.0. The zero-order valence-electron chi connectivity index (χ0n) is 14.7. The van der Waals surface area contributed by atoms with Crippen molar-refractivity contribution in [2.45, 2.75) is 84.0 Å². The molecule has 1 heterocycles. The second kappa shape index (κ2) is 13.1. The van der Waals surface area contributed by atoms with Crippen LogP contribution in [0.3, 0.4) is 0 Å². The molecule has 4 nitrogen and oxygen atoms in total. The van der Waals surface area contributed by atoms with Crippen LogP contribution in [0.1, 0.15) is 84.0 Å². The maximum absolute atomic E-state index is 12.0. The minimum atomic E-state index is -0.456. The van der Waals surface area contributed by atoms with Gasteiger partial charge >= 0.3 is 6.09 Å². The maximum Gasteiger partial charge on any atom is 0.416 e. The van der Waals surface area contributed by atoms with Crippen LogP contribution >= 0.6 is 0 Å². The van der Waals surface area contributed by atoms with Gasteiger partial charge in [0.05, 0.1) is 6.61 Å². The topological polar surface area (TPSA) is 46.6 Å². The summed E-state index contributed by atoms with van der Waals surface area (Å²) in [6.45, 7) is 3.17. The molecule has 0 aromatic rings. The van der Waals surface area contributed by atoms with Gasteiger partial charge in [-0.2, -0.15) is 0 Å². The lowest BCUT2D eigenvalue weighted by Gasteiger charge is -2.16. The van der Waals surface area contributed by atoms with E-state index in [2.05, 4.69) is 19.1 Å². The van der Waals surface area contributed by atoms with E-state index in [0.717, 1.165) is 25.7 Å². The molecule has 1 saturated heterocycles. The zero-order valence-corrected chi connectivity index (χ0v) is 14.7. The number of carbonyl (C=O) groups excluding carboxylic acids is 2. The van der Waals surface area contributed by atoms with Crippen LogP contribution in [-0.4, -0.2) is 30.1 Å². The van der Waals surface area contributed by atoms with Gasteiger partial charge in [0.25, 0.3) is 0 Å². The number of amides is 2. The fraction of sp³-hybridized carbons (Fsp3) is 0.789. The minimum Gasteiger partial charge on any atom is -0.449 e. The van der Waals surface area contributed by atoms with Crippen molar-refractivity contribution in [1.82, 2.24) is 4.90 Å². The lowest BCUT2D eigenvalue weighted by molar-refractivity contribution is -0.129. The van der Waals surface area contributed by atoms with E-state index in [1.54, 1.807) is 0 Å². The molecular weight excluding hydrogens is 290 g/mol. The molecule has 1 aliphatic heterocycles. The van der Waals surface area contributed by atoms with Crippen molar-refractivity contribution >= 4 is 12.0 Å². The van der Waals surface area contributed by atoms with E-state index in [4.69, 9.17) is 4.74 Å². The normalized spacial score (nSPS) is 15.7. The fourth-order valence-corrected chi connectivity index (χ4v) is 2.69. The van der Waals surface area contributed by atoms with Crippen LogP contribution in [-0.2, 0) is 9.53 Å². The summed E-state index contributed by atoms with van der Waals surface area (Å²) in [7, 11) is 0. The third-order valence-electron chi connectivity index (χ3n) is 4.18. The van der Waals surface area contributed by atoms with Crippen molar-refractivity contribution in [2.24, 2.45) is 0 Å². The van der Waals surface area contributed by atoms with Gasteiger partial charge in [-0.1, -0.05) is 51.2 Å². The molecule has 2 amide bonds. The Morgan fingerprint density at radius 1 is 1.04 bits per heavy atom. The summed E-state index contributed by atoms with van der Waals surface area (Å²) in [5.74, 6) is -0.0734. The number of allylic oxidation sites excluding steroid dienone is 2. The Labute approximate surface area is 141 Å². The Bertz CT molecular complexity index is 366. The van der Waals surface area contributed by atoms with Gasteiger partial charge < -0.3 is 4.74 Å². The summed E-state index contributed by atoms with van der Waals surface area (Å²) in [5, 5.41) is 0. The Balaban J connectivity index is 1.98. The van der Waals surface area contributed by atoms with Crippen LogP contribution in [0.2, 0.25) is 0 Å². The first-order chi connectivity index (χ1) is 11.3. The van der Waals surface area contributed by atoms with E-state index in [1.807, 2.05) is 0 Å². The Morgan fingerprint density at radius 3 is 2.52 bits per heavy atom. The highest BCUT2D eigenvalue weighted by Gasteiger charge is 2.23. The van der Waals surface area contributed by atoms with E-state index in [9.17, 15) is 9.59 Å². The third kappa shape index (κ3) is 9.42. The van der Waals surface area contributed by atoms with Crippen LogP contribution in [0, 0.1) is 0 Å². The highest BCUT2D eigenvalue weighted by atomic mass is 16.6. The van der Waals surface area contributed by atoms with Crippen molar-refractivity contribution in [3.05, 3.63) is 12.2 Å². The van der Waals surface area contributed by atoms with Gasteiger partial charge in [-0.3, -0.25) is 4.79 Å². The average Bonchev–Trinajstić information content (AvgIpc) is 2.77. The van der Waals surface area contributed by atoms with Crippen molar-refractivity contribution in [1.29, 1.82) is 0 Å². The van der Waals surface area contributed by atoms with Crippen molar-refractivity contribution in [3.63, 3.8) is 0 Å². The monoisotopic (exact) mass is 323 g/mol. The Morgan fingerprint density at radius 2 is 1.74 bits per heavy atom. The lowest BCUT2D eigenvalue weighted by Crippen LogP contribution is -2.36. The first-order valence-electron chi connectivity index (χ1n) is 9.37. The number of cyclic esters (lactones) is 1. The first kappa shape index (κ1) is 19.7. The van der Waals surface area contributed by atoms with E-state index in [-0.39, 0.29) is 5.91 Å². The van der Waals surface area contributed by atoms with Crippen molar-refractivity contribution in [3.8, 4) is 0 Å². The molecule has 132 valence electrons. The lowest BCUT2D eigenvalue weighted by atomic mass is 10.1. The van der Waals surface area contributed by atoms with Gasteiger partial charge in [0.15, 0.2) is 0 Å². The quantitative estimate of drug-likeness (QED) is 0.387. The molecule has 1 rings (SSSR count). The molecule has 0 radical (unpaired) electrons. The van der Waals surface area contributed by atoms with Crippen molar-refractivity contribution in [2.75, 3.05) is 13.2 Å². The number of hydrogen-bond donors (Lipinski definition) is 0. The highest BCUT2D eigenvalue weighted by Crippen LogP contribution is 2.12. The van der Waals surface area contributed by atoms with E-state index in [1.165, 1.54) is 49.8 Å². The van der Waals surface area contributed by atoms with Crippen LogP contribution in [0.15, 0.2) is 12.2 Å². The molecule has 0 aromatic carbocycles. The van der Waals surface area contributed by atoms with Crippen LogP contribution in [0.4, 0.5) is 4.79 Å². The predicted molar refractivity (Wildman–Crippen MR) is 93.3 cm³/mol. The Hall–Kier alpha value is -1.32. The van der Waals surface area contributed by atoms with Gasteiger partial charge in [-0.05, 0) is 38.5 Å². The molecule has 0 unspecified atom stereocenters. The summed E-state index contributed by atoms with van der Waals surface area (Å²) in [5.41, 5.74) is 0. The van der Waals surface area contributed by atoms with E-state index in [0.29, 0.717) is 19.6 Å². The summed E-state index contributed by atoms with van der Waals surface area (Å²) in [6, 6.07) is 0. The van der Waals surface area contributed by atoms with Crippen LogP contribution in [0.5, 0.6) is 0 Å². The number of carbonyl (C=O) groups is 2. The van der Waals surface area contributed by atoms with E-state index >= 15 is 0 Å². The molecule has 0 N–H and O–H groups in total. The molecule has 0 saturated carbocycles. The van der Waals surface area contributed by atoms with Gasteiger partial charge in [0.2, 0.25) is 5.91 Å². The molecule has 0 spiro atoms. The van der Waals surface area contributed by atoms with E-state index < -0.39 is 6.09 Å². The standard InChI is InChI=1S/C19H33NO3/c1-2-3-4-5-6-7-8-9-10-11-12-15-18(21)20-16-13-14-17-23-19(20)22/h5-6H,2-4,7-17H2,1H3. The second-order valence-electron chi connectivity index (χ2n) is 6.29. The van der Waals surface area contributed by atoms with Crippen LogP contribution < -0.4 is 0 Å². The summed E-state index contributed by atoms with van der Waals surface area (Å²) < 4.78 is 5.00. The summed E-state index contributed by atoms with van der Waals surface area (Å²) >= 11 is 0. The number of ether oxygens (including phenoxy) is 1. The van der Waals surface area contributed by atoms with Crippen molar-refractivity contribution < 1.29 is 14.3 Å². The Kier molecular flexibility index (Phi) is 11.3. The molecule has 0 aliphatic carbocycles. The molecule has 0 bridgehead atoms. The summed E-state index contributed by atoms with van der Waals surface area (Å²) in [4.78, 5) is 25.0. The largest absolute Gasteiger partial charge is 0.449 e. The molecule has 1 aliphatic rings. The molecule has 4 heteroatoms. The minimum absolute atomic E-state index is 0.0734. The van der Waals surface area contributed by atoms with Gasteiger partial charge in [0, 0.05) is 13.0 Å². The molecule has 23 heavy (non-hydrogen) atoms. The third-order valence-corrected chi connectivity index (χ3v) is 4.18. The number of unbranched alkanes of at least 4 members (excludes halogenated alkanes) is 7. The number of hydrogen-bond acceptors (Lipinski definition) is 3. The SMILES string of the molecule is CCCCC=CCCCCCCCC(=O)N1CCCCOC1=O. The smallest absolute Gasteiger partial charge is 0.416 e. The molecule has 0 atom stereocenters. The number of imide groups is 1. The van der Waals surface area contributed by atoms with Gasteiger partial charge in [0.1, 0.15) is 0 Å². The average molecular weight is 323 g/mol. The van der Waals surface area contributed by atoms with Crippen LogP contribution in [0.25, 0.3) is 0 Å². The van der Waals surface area contributed by atoms with Gasteiger partial charge in [-0.25, -0.2) is 9.69 Å². The number of rotatable bonds is 11. The zero-order chi connectivity index (χ0) is 16.8. The fourth-order valence-electron chi connectivity index (χ4n) is 2.69. The second-order valence-corrected chi connectivity index (χ2v) is 6.29. The molecule has 0 aromatic heterocycles. The molecule has 1 fully saturated rings. The predicted octanol–water partition coefficient (Wildman–Crippen LogP) is 5.22. The highest BCUT2D eigenvalue weighted by molar-refractivity contribution is 5.91. The molecular formula is C19H33NO3.